The van der Waals surface area contributed by atoms with Crippen LogP contribution < -0.4 is 0 Å². The summed E-state index contributed by atoms with van der Waals surface area (Å²) in [5.74, 6) is -2.61. The molecule has 1 heterocycles. The minimum absolute atomic E-state index is 0.0149. The number of aliphatic hydroxyl groups excluding tert-OH is 3. The highest BCUT2D eigenvalue weighted by Crippen LogP contribution is 2.23. The number of esters is 1. The number of phenolic OH excluding ortho intramolecular Hbond substituents is 1. The van der Waals surface area contributed by atoms with Crippen molar-refractivity contribution >= 4 is 11.9 Å². The van der Waals surface area contributed by atoms with Crippen molar-refractivity contribution in [3.05, 3.63) is 29.8 Å². The van der Waals surface area contributed by atoms with Gasteiger partial charge in [-0.3, -0.25) is 0 Å². The molecule has 0 unspecified atom stereocenters. The van der Waals surface area contributed by atoms with Crippen molar-refractivity contribution in [3.8, 4) is 5.75 Å². The maximum Gasteiger partial charge on any atom is 0.340 e. The van der Waals surface area contributed by atoms with Crippen molar-refractivity contribution in [1.29, 1.82) is 0 Å². The highest BCUT2D eigenvalue weighted by Gasteiger charge is 2.48. The van der Waals surface area contributed by atoms with Gasteiger partial charge in [-0.15, -0.1) is 0 Å². The lowest BCUT2D eigenvalue weighted by molar-refractivity contribution is -0.278. The molecule has 1 aromatic rings. The molecule has 5 N–H and O–H groups in total. The first-order valence-electron chi connectivity index (χ1n) is 6.23. The number of ether oxygens (including phenoxy) is 2. The smallest absolute Gasteiger partial charge is 0.340 e. The largest absolute Gasteiger partial charge is 0.508 e. The van der Waals surface area contributed by atoms with Gasteiger partial charge in [0.2, 0.25) is 6.29 Å². The van der Waals surface area contributed by atoms with Gasteiger partial charge in [0.15, 0.2) is 6.10 Å². The molecule has 0 amide bonds. The summed E-state index contributed by atoms with van der Waals surface area (Å²) in [5.41, 5.74) is 0.0149. The summed E-state index contributed by atoms with van der Waals surface area (Å²) in [6.45, 7) is 0. The van der Waals surface area contributed by atoms with E-state index in [1.54, 1.807) is 0 Å². The number of hydrogen-bond donors (Lipinski definition) is 5. The number of carbonyl (C=O) groups is 2. The predicted octanol–water partition coefficient (Wildman–Crippen LogP) is -1.56. The number of aliphatic hydroxyl groups is 3. The third-order valence-corrected chi connectivity index (χ3v) is 3.14. The van der Waals surface area contributed by atoms with Crippen LogP contribution in [0.1, 0.15) is 10.4 Å². The molecule has 5 atom stereocenters. The van der Waals surface area contributed by atoms with Crippen molar-refractivity contribution in [2.24, 2.45) is 0 Å². The zero-order valence-corrected chi connectivity index (χ0v) is 11.1. The normalized spacial score (nSPS) is 31.5. The van der Waals surface area contributed by atoms with E-state index in [2.05, 4.69) is 0 Å². The zero-order chi connectivity index (χ0) is 16.4. The molecule has 0 bridgehead atoms. The van der Waals surface area contributed by atoms with E-state index in [0.29, 0.717) is 0 Å². The Morgan fingerprint density at radius 1 is 1.00 bits per heavy atom. The van der Waals surface area contributed by atoms with Gasteiger partial charge >= 0.3 is 11.9 Å². The Morgan fingerprint density at radius 2 is 1.59 bits per heavy atom. The lowest BCUT2D eigenvalue weighted by atomic mass is 9.99. The van der Waals surface area contributed by atoms with Crippen LogP contribution in [0.3, 0.4) is 0 Å². The molecule has 1 aliphatic rings. The van der Waals surface area contributed by atoms with E-state index >= 15 is 0 Å². The topological polar surface area (TPSA) is 154 Å². The first-order chi connectivity index (χ1) is 10.3. The molecule has 9 nitrogen and oxygen atoms in total. The van der Waals surface area contributed by atoms with Gasteiger partial charge < -0.3 is 35.0 Å². The Labute approximate surface area is 124 Å². The first-order valence-corrected chi connectivity index (χ1v) is 6.23. The lowest BCUT2D eigenvalue weighted by Gasteiger charge is -2.37. The van der Waals surface area contributed by atoms with Gasteiger partial charge in [-0.25, -0.2) is 9.59 Å². The van der Waals surface area contributed by atoms with E-state index in [9.17, 15) is 24.9 Å². The lowest BCUT2D eigenvalue weighted by Crippen LogP contribution is -2.60. The van der Waals surface area contributed by atoms with Crippen molar-refractivity contribution in [2.45, 2.75) is 30.7 Å². The van der Waals surface area contributed by atoms with E-state index in [0.717, 1.165) is 0 Å². The van der Waals surface area contributed by atoms with Crippen molar-refractivity contribution < 1.29 is 44.6 Å². The molecule has 0 saturated carbocycles. The molecule has 2 rings (SSSR count). The van der Waals surface area contributed by atoms with Crippen LogP contribution in [0.4, 0.5) is 0 Å². The number of phenols is 1. The van der Waals surface area contributed by atoms with Gasteiger partial charge in [-0.2, -0.15) is 0 Å². The van der Waals surface area contributed by atoms with Crippen LogP contribution in [0, 0.1) is 0 Å². The van der Waals surface area contributed by atoms with E-state index in [-0.39, 0.29) is 11.3 Å². The van der Waals surface area contributed by atoms with E-state index < -0.39 is 42.6 Å². The van der Waals surface area contributed by atoms with E-state index in [1.165, 1.54) is 24.3 Å². The Morgan fingerprint density at radius 3 is 2.14 bits per heavy atom. The Bertz CT molecular complexity index is 555. The fraction of sp³-hybridized carbons (Fsp3) is 0.385. The average Bonchev–Trinajstić information content (AvgIpc) is 2.48. The SMILES string of the molecule is O=C(O[C@@H]1O[C@H](C(=O)O)[C@@H](O)[C@H](O)[C@H]1O)c1ccc(O)cc1. The molecule has 1 saturated heterocycles. The summed E-state index contributed by atoms with van der Waals surface area (Å²) in [5, 5.41) is 46.8. The Hall–Kier alpha value is -2.20. The molecule has 9 heteroatoms. The third-order valence-electron chi connectivity index (χ3n) is 3.14. The maximum absolute atomic E-state index is 11.8. The summed E-state index contributed by atoms with van der Waals surface area (Å²) in [7, 11) is 0. The highest BCUT2D eigenvalue weighted by atomic mass is 16.7. The number of benzene rings is 1. The second kappa shape index (κ2) is 6.28. The third kappa shape index (κ3) is 3.17. The van der Waals surface area contributed by atoms with Crippen molar-refractivity contribution in [2.75, 3.05) is 0 Å². The number of carboxylic acids is 1. The van der Waals surface area contributed by atoms with Crippen molar-refractivity contribution in [3.63, 3.8) is 0 Å². The molecule has 120 valence electrons. The Kier molecular flexibility index (Phi) is 4.62. The summed E-state index contributed by atoms with van der Waals surface area (Å²) in [6, 6.07) is 4.94. The molecular formula is C13H14O9. The van der Waals surface area contributed by atoms with Crippen molar-refractivity contribution in [1.82, 2.24) is 0 Å². The monoisotopic (exact) mass is 314 g/mol. The molecule has 0 spiro atoms. The predicted molar refractivity (Wildman–Crippen MR) is 67.8 cm³/mol. The molecule has 1 aromatic carbocycles. The first kappa shape index (κ1) is 16.2. The van der Waals surface area contributed by atoms with E-state index in [4.69, 9.17) is 19.7 Å². The van der Waals surface area contributed by atoms with Crippen LogP contribution in [0.15, 0.2) is 24.3 Å². The van der Waals surface area contributed by atoms with Gasteiger partial charge in [0.1, 0.15) is 24.1 Å². The summed E-state index contributed by atoms with van der Waals surface area (Å²) >= 11 is 0. The Balaban J connectivity index is 2.12. The van der Waals surface area contributed by atoms with Crippen LogP contribution >= 0.6 is 0 Å². The van der Waals surface area contributed by atoms with Gasteiger partial charge in [-0.05, 0) is 24.3 Å². The second-order valence-electron chi connectivity index (χ2n) is 4.69. The van der Waals surface area contributed by atoms with Gasteiger partial charge in [-0.1, -0.05) is 0 Å². The van der Waals surface area contributed by atoms with Gasteiger partial charge in [0, 0.05) is 0 Å². The minimum atomic E-state index is -1.86. The minimum Gasteiger partial charge on any atom is -0.508 e. The fourth-order valence-corrected chi connectivity index (χ4v) is 1.92. The number of carboxylic acid groups (broad SMARTS) is 1. The number of rotatable bonds is 3. The quantitative estimate of drug-likeness (QED) is 0.417. The molecule has 0 aromatic heterocycles. The maximum atomic E-state index is 11.8. The highest BCUT2D eigenvalue weighted by molar-refractivity contribution is 5.89. The molecule has 1 fully saturated rings. The second-order valence-corrected chi connectivity index (χ2v) is 4.69. The molecule has 0 radical (unpaired) electrons. The van der Waals surface area contributed by atoms with Crippen LogP contribution in [-0.2, 0) is 14.3 Å². The molecule has 0 aliphatic carbocycles. The fourth-order valence-electron chi connectivity index (χ4n) is 1.92. The number of aliphatic carboxylic acids is 1. The summed E-state index contributed by atoms with van der Waals surface area (Å²) in [6.07, 6.45) is -9.15. The number of carbonyl (C=O) groups excluding carboxylic acids is 1. The van der Waals surface area contributed by atoms with Crippen LogP contribution in [0.5, 0.6) is 5.75 Å². The number of aromatic hydroxyl groups is 1. The van der Waals surface area contributed by atoms with Crippen LogP contribution in [0.25, 0.3) is 0 Å². The van der Waals surface area contributed by atoms with E-state index in [1.807, 2.05) is 0 Å². The molecule has 1 aliphatic heterocycles. The molecular weight excluding hydrogens is 300 g/mol. The van der Waals surface area contributed by atoms with Crippen LogP contribution in [0.2, 0.25) is 0 Å². The standard InChI is InChI=1S/C13H14O9/c14-6-3-1-5(2-4-6)12(20)22-13-9(17)7(15)8(16)10(21-13)11(18)19/h1-4,7-10,13-17H,(H,18,19)/t7-,8-,9+,10-,13-/m0/s1. The van der Waals surface area contributed by atoms with Crippen LogP contribution in [-0.4, -0.2) is 68.2 Å². The molecule has 22 heavy (non-hydrogen) atoms. The van der Waals surface area contributed by atoms with Gasteiger partial charge in [0.05, 0.1) is 5.56 Å². The zero-order valence-electron chi connectivity index (χ0n) is 11.1. The average molecular weight is 314 g/mol. The van der Waals surface area contributed by atoms with Gasteiger partial charge in [0.25, 0.3) is 0 Å². The summed E-state index contributed by atoms with van der Waals surface area (Å²) < 4.78 is 9.61. The summed E-state index contributed by atoms with van der Waals surface area (Å²) in [4.78, 5) is 22.8. The number of hydrogen-bond acceptors (Lipinski definition) is 8.